The predicted octanol–water partition coefficient (Wildman–Crippen LogP) is 4.64. The molecule has 6 atom stereocenters. The number of unbranched alkanes of at least 4 members (excludes halogenated alkanes) is 2. The average molecular weight is 437 g/mol. The molecule has 0 spiro atoms. The molecule has 2 aliphatic carbocycles. The normalized spacial score (nSPS) is 27.9. The molecule has 32 heavy (non-hydrogen) atoms. The molecule has 0 radical (unpaired) electrons. The van der Waals surface area contributed by atoms with Crippen LogP contribution in [0.4, 0.5) is 0 Å². The fourth-order valence-corrected chi connectivity index (χ4v) is 5.19. The Balaban J connectivity index is 1.37. The zero-order valence-electron chi connectivity index (χ0n) is 19.7. The second-order valence-electron chi connectivity index (χ2n) is 9.59. The molecule has 0 amide bonds. The lowest BCUT2D eigenvalue weighted by atomic mass is 9.89. The summed E-state index contributed by atoms with van der Waals surface area (Å²) in [4.78, 5) is 4.05. The van der Waals surface area contributed by atoms with Crippen LogP contribution in [-0.4, -0.2) is 33.9 Å². The van der Waals surface area contributed by atoms with Crippen LogP contribution in [-0.2, 0) is 6.54 Å². The smallest absolute Gasteiger partial charge is 0.0755 e. The van der Waals surface area contributed by atoms with Crippen LogP contribution in [0, 0.1) is 35.5 Å². The number of fused-ring (bicyclic) bond motifs is 1. The Bertz CT molecular complexity index is 808. The zero-order valence-corrected chi connectivity index (χ0v) is 19.7. The number of hydrogen-bond donors (Lipinski definition) is 3. The minimum Gasteiger partial charge on any atom is -0.392 e. The van der Waals surface area contributed by atoms with E-state index in [2.05, 4.69) is 46.4 Å². The highest BCUT2D eigenvalue weighted by molar-refractivity contribution is 5.18. The van der Waals surface area contributed by atoms with Crippen molar-refractivity contribution in [1.29, 1.82) is 0 Å². The minimum absolute atomic E-state index is 0.117. The Labute approximate surface area is 194 Å². The highest BCUT2D eigenvalue weighted by atomic mass is 16.3. The first-order valence-electron chi connectivity index (χ1n) is 12.3. The molecule has 0 unspecified atom stereocenters. The molecular weight excluding hydrogens is 396 g/mol. The number of allylic oxidation sites excluding steroid dienone is 2. The van der Waals surface area contributed by atoms with Gasteiger partial charge in [0, 0.05) is 31.3 Å². The fraction of sp³-hybridized carbons (Fsp3) is 0.607. The van der Waals surface area contributed by atoms with E-state index in [1.165, 1.54) is 18.4 Å². The molecule has 2 fully saturated rings. The van der Waals surface area contributed by atoms with E-state index in [1.807, 2.05) is 32.3 Å². The van der Waals surface area contributed by atoms with Gasteiger partial charge in [0.15, 0.2) is 0 Å². The number of rotatable bonds is 11. The summed E-state index contributed by atoms with van der Waals surface area (Å²) in [6, 6.07) is 4.10. The van der Waals surface area contributed by atoms with Gasteiger partial charge in [-0.25, -0.2) is 0 Å². The maximum absolute atomic E-state index is 10.6. The van der Waals surface area contributed by atoms with Gasteiger partial charge in [-0.1, -0.05) is 30.7 Å². The maximum atomic E-state index is 10.6. The Morgan fingerprint density at radius 3 is 2.84 bits per heavy atom. The summed E-state index contributed by atoms with van der Waals surface area (Å²) in [5.74, 6) is 7.34. The largest absolute Gasteiger partial charge is 0.392 e. The van der Waals surface area contributed by atoms with Crippen LogP contribution in [0.25, 0.3) is 0 Å². The summed E-state index contributed by atoms with van der Waals surface area (Å²) in [6.07, 6.45) is 16.7. The summed E-state index contributed by atoms with van der Waals surface area (Å²) in [5.41, 5.74) is 2.85. The SMILES string of the molecule is CC#CC[C@H](C)[C@H](O)C=C[C@@H]1[C@H]2C/C(=C/CCCCNCc3ccncc3)C[C@H]2C[C@H]1O. The van der Waals surface area contributed by atoms with E-state index >= 15 is 0 Å². The highest BCUT2D eigenvalue weighted by Gasteiger charge is 2.44. The first-order chi connectivity index (χ1) is 15.6. The number of aliphatic hydroxyl groups excluding tert-OH is 2. The Kier molecular flexibility index (Phi) is 9.99. The number of hydrogen-bond acceptors (Lipinski definition) is 4. The van der Waals surface area contributed by atoms with Gasteiger partial charge in [0.05, 0.1) is 12.2 Å². The van der Waals surface area contributed by atoms with E-state index in [4.69, 9.17) is 0 Å². The van der Waals surface area contributed by atoms with Gasteiger partial charge in [-0.2, -0.15) is 0 Å². The monoisotopic (exact) mass is 436 g/mol. The Morgan fingerprint density at radius 2 is 2.06 bits per heavy atom. The quantitative estimate of drug-likeness (QED) is 0.269. The van der Waals surface area contributed by atoms with Gasteiger partial charge in [0.25, 0.3) is 0 Å². The molecule has 0 aromatic carbocycles. The molecule has 2 aliphatic rings. The fourth-order valence-electron chi connectivity index (χ4n) is 5.19. The third-order valence-corrected chi connectivity index (χ3v) is 7.14. The molecule has 0 aliphatic heterocycles. The van der Waals surface area contributed by atoms with Gasteiger partial charge >= 0.3 is 0 Å². The van der Waals surface area contributed by atoms with Gasteiger partial charge in [-0.3, -0.25) is 4.98 Å². The molecule has 0 saturated heterocycles. The molecule has 1 aromatic heterocycles. The third-order valence-electron chi connectivity index (χ3n) is 7.14. The van der Waals surface area contributed by atoms with Gasteiger partial charge in [0.2, 0.25) is 0 Å². The van der Waals surface area contributed by atoms with Crippen LogP contribution in [0.3, 0.4) is 0 Å². The van der Waals surface area contributed by atoms with Crippen molar-refractivity contribution >= 4 is 0 Å². The second kappa shape index (κ2) is 12.9. The lowest BCUT2D eigenvalue weighted by molar-refractivity contribution is 0.137. The lowest BCUT2D eigenvalue weighted by Gasteiger charge is -2.19. The average Bonchev–Trinajstić information content (AvgIpc) is 3.32. The van der Waals surface area contributed by atoms with E-state index in [0.717, 1.165) is 38.8 Å². The third kappa shape index (κ3) is 7.30. The van der Waals surface area contributed by atoms with E-state index < -0.39 is 6.10 Å². The van der Waals surface area contributed by atoms with Crippen LogP contribution in [0.1, 0.15) is 64.4 Å². The molecule has 4 nitrogen and oxygen atoms in total. The number of nitrogens with zero attached hydrogens (tertiary/aromatic N) is 1. The van der Waals surface area contributed by atoms with E-state index in [-0.39, 0.29) is 17.9 Å². The van der Waals surface area contributed by atoms with Crippen LogP contribution in [0.15, 0.2) is 48.3 Å². The van der Waals surface area contributed by atoms with E-state index in [1.54, 1.807) is 5.57 Å². The van der Waals surface area contributed by atoms with Crippen LogP contribution >= 0.6 is 0 Å². The van der Waals surface area contributed by atoms with Gasteiger partial charge in [-0.05, 0) is 87.4 Å². The molecular formula is C28H40N2O2. The summed E-state index contributed by atoms with van der Waals surface area (Å²) >= 11 is 0. The van der Waals surface area contributed by atoms with Crippen molar-refractivity contribution in [2.45, 2.75) is 77.5 Å². The highest BCUT2D eigenvalue weighted by Crippen LogP contribution is 2.50. The molecule has 174 valence electrons. The first-order valence-corrected chi connectivity index (χ1v) is 12.3. The molecule has 3 N–H and O–H groups in total. The number of pyridine rings is 1. The lowest BCUT2D eigenvalue weighted by Crippen LogP contribution is -2.19. The van der Waals surface area contributed by atoms with Gasteiger partial charge in [-0.15, -0.1) is 11.8 Å². The van der Waals surface area contributed by atoms with E-state index in [9.17, 15) is 10.2 Å². The topological polar surface area (TPSA) is 65.4 Å². The molecule has 2 saturated carbocycles. The molecule has 3 rings (SSSR count). The van der Waals surface area contributed by atoms with Crippen LogP contribution < -0.4 is 5.32 Å². The maximum Gasteiger partial charge on any atom is 0.0755 e. The summed E-state index contributed by atoms with van der Waals surface area (Å²) in [5, 5.41) is 24.5. The number of nitrogens with one attached hydrogen (secondary N) is 1. The molecule has 0 bridgehead atoms. The molecule has 1 aromatic rings. The summed E-state index contributed by atoms with van der Waals surface area (Å²) < 4.78 is 0. The summed E-state index contributed by atoms with van der Waals surface area (Å²) in [7, 11) is 0. The van der Waals surface area contributed by atoms with Crippen molar-refractivity contribution in [3.05, 3.63) is 53.9 Å². The van der Waals surface area contributed by atoms with Crippen molar-refractivity contribution in [3.8, 4) is 11.8 Å². The van der Waals surface area contributed by atoms with Crippen LogP contribution in [0.5, 0.6) is 0 Å². The zero-order chi connectivity index (χ0) is 22.8. The van der Waals surface area contributed by atoms with Crippen molar-refractivity contribution in [1.82, 2.24) is 10.3 Å². The second-order valence-corrected chi connectivity index (χ2v) is 9.59. The van der Waals surface area contributed by atoms with Crippen molar-refractivity contribution in [3.63, 3.8) is 0 Å². The van der Waals surface area contributed by atoms with Crippen molar-refractivity contribution < 1.29 is 10.2 Å². The first kappa shape index (κ1) is 24.7. The minimum atomic E-state index is -0.495. The summed E-state index contributed by atoms with van der Waals surface area (Å²) in [6.45, 7) is 5.80. The predicted molar refractivity (Wildman–Crippen MR) is 131 cm³/mol. The Morgan fingerprint density at radius 1 is 1.25 bits per heavy atom. The Hall–Kier alpha value is -1.93. The van der Waals surface area contributed by atoms with Gasteiger partial charge in [0.1, 0.15) is 0 Å². The standard InChI is InChI=1S/C28H40N2O2/c1-3-4-8-21(2)27(31)11-10-25-26-18-23(17-24(26)19-28(25)32)9-6-5-7-14-30-20-22-12-15-29-16-13-22/h9-13,15-16,21,24-28,30-32H,5-8,14,17-20H2,1-2H3/b11-10?,23-9+/t21-,24-,25+,26-,27+,28+/m0/s1. The van der Waals surface area contributed by atoms with Crippen molar-refractivity contribution in [2.24, 2.45) is 23.7 Å². The van der Waals surface area contributed by atoms with E-state index in [0.29, 0.717) is 18.3 Å². The molecule has 1 heterocycles. The van der Waals surface area contributed by atoms with Crippen LogP contribution in [0.2, 0.25) is 0 Å². The van der Waals surface area contributed by atoms with Crippen molar-refractivity contribution in [2.75, 3.05) is 6.54 Å². The van der Waals surface area contributed by atoms with Gasteiger partial charge < -0.3 is 15.5 Å². The molecule has 4 heteroatoms. The number of aliphatic hydroxyl groups is 2. The number of aromatic nitrogens is 1.